The summed E-state index contributed by atoms with van der Waals surface area (Å²) in [6.45, 7) is 2.02. The average Bonchev–Trinajstić information content (AvgIpc) is 2.32. The lowest BCUT2D eigenvalue weighted by Crippen LogP contribution is -2.39. The van der Waals surface area contributed by atoms with Crippen LogP contribution in [0.2, 0.25) is 0 Å². The van der Waals surface area contributed by atoms with E-state index in [1.54, 1.807) is 6.07 Å². The van der Waals surface area contributed by atoms with E-state index in [2.05, 4.69) is 21.2 Å². The van der Waals surface area contributed by atoms with Gasteiger partial charge in [-0.1, -0.05) is 15.9 Å². The number of nitrogens with one attached hydrogen (secondary N) is 1. The summed E-state index contributed by atoms with van der Waals surface area (Å²) in [6, 6.07) is 5.21. The number of urea groups is 1. The molecule has 0 aliphatic carbocycles. The third-order valence-corrected chi connectivity index (χ3v) is 2.95. The first kappa shape index (κ1) is 14.9. The van der Waals surface area contributed by atoms with Crippen LogP contribution in [0, 0.1) is 6.92 Å². The Bertz CT molecular complexity index is 406. The second kappa shape index (κ2) is 7.35. The zero-order chi connectivity index (χ0) is 13.5. The molecule has 1 aromatic rings. The van der Waals surface area contributed by atoms with E-state index in [9.17, 15) is 4.79 Å². The molecule has 0 aromatic heterocycles. The van der Waals surface area contributed by atoms with Gasteiger partial charge < -0.3 is 20.4 Å². The number of nitrogens with zero attached hydrogens (tertiary/aromatic N) is 1. The highest BCUT2D eigenvalue weighted by molar-refractivity contribution is 9.10. The fraction of sp³-hybridized carbons (Fsp3) is 0.417. The van der Waals surface area contributed by atoms with Crippen molar-refractivity contribution in [3.05, 3.63) is 28.2 Å². The van der Waals surface area contributed by atoms with E-state index in [0.717, 1.165) is 10.0 Å². The van der Waals surface area contributed by atoms with Crippen molar-refractivity contribution in [2.75, 3.05) is 31.6 Å². The summed E-state index contributed by atoms with van der Waals surface area (Å²) in [7, 11) is 0. The summed E-state index contributed by atoms with van der Waals surface area (Å²) in [6.07, 6.45) is 0. The number of anilines is 1. The van der Waals surface area contributed by atoms with Crippen molar-refractivity contribution in [1.82, 2.24) is 4.90 Å². The molecule has 0 aliphatic heterocycles. The molecular formula is C12H17BrN2O3. The Labute approximate surface area is 115 Å². The normalized spacial score (nSPS) is 10.2. The summed E-state index contributed by atoms with van der Waals surface area (Å²) in [4.78, 5) is 13.3. The van der Waals surface area contributed by atoms with Crippen molar-refractivity contribution < 1.29 is 15.0 Å². The number of benzene rings is 1. The Morgan fingerprint density at radius 2 is 1.94 bits per heavy atom. The van der Waals surface area contributed by atoms with E-state index in [4.69, 9.17) is 10.2 Å². The molecule has 0 radical (unpaired) electrons. The second-order valence-corrected chi connectivity index (χ2v) is 4.74. The molecule has 18 heavy (non-hydrogen) atoms. The predicted octanol–water partition coefficient (Wildman–Crippen LogP) is 1.58. The van der Waals surface area contributed by atoms with Crippen molar-refractivity contribution in [2.24, 2.45) is 0 Å². The first-order valence-corrected chi connectivity index (χ1v) is 6.41. The van der Waals surface area contributed by atoms with Crippen LogP contribution in [0.25, 0.3) is 0 Å². The highest BCUT2D eigenvalue weighted by Gasteiger charge is 2.13. The molecule has 5 nitrogen and oxygen atoms in total. The number of aliphatic hydroxyl groups excluding tert-OH is 2. The van der Waals surface area contributed by atoms with E-state index < -0.39 is 0 Å². The molecule has 0 heterocycles. The number of halogens is 1. The largest absolute Gasteiger partial charge is 0.395 e. The molecule has 0 unspecified atom stereocenters. The third-order valence-electron chi connectivity index (χ3n) is 2.46. The topological polar surface area (TPSA) is 72.8 Å². The Kier molecular flexibility index (Phi) is 6.11. The van der Waals surface area contributed by atoms with Crippen molar-refractivity contribution >= 4 is 27.6 Å². The van der Waals surface area contributed by atoms with Crippen LogP contribution in [0.15, 0.2) is 22.7 Å². The van der Waals surface area contributed by atoms with Crippen LogP contribution in [-0.2, 0) is 0 Å². The molecule has 0 atom stereocenters. The zero-order valence-corrected chi connectivity index (χ0v) is 11.8. The molecule has 100 valence electrons. The fourth-order valence-corrected chi connectivity index (χ4v) is 1.99. The van der Waals surface area contributed by atoms with E-state index in [0.29, 0.717) is 5.69 Å². The van der Waals surface area contributed by atoms with Gasteiger partial charge in [0.25, 0.3) is 0 Å². The minimum absolute atomic E-state index is 0.132. The molecule has 0 saturated carbocycles. The quantitative estimate of drug-likeness (QED) is 0.772. The van der Waals surface area contributed by atoms with Gasteiger partial charge in [0.1, 0.15) is 0 Å². The number of aliphatic hydroxyl groups is 2. The Morgan fingerprint density at radius 1 is 1.33 bits per heavy atom. The van der Waals surface area contributed by atoms with E-state index >= 15 is 0 Å². The summed E-state index contributed by atoms with van der Waals surface area (Å²) in [5.74, 6) is 0. The molecule has 2 amide bonds. The van der Waals surface area contributed by atoms with Gasteiger partial charge >= 0.3 is 6.03 Å². The molecule has 1 aromatic carbocycles. The third kappa shape index (κ3) is 4.29. The lowest BCUT2D eigenvalue weighted by molar-refractivity contribution is 0.167. The predicted molar refractivity (Wildman–Crippen MR) is 73.6 cm³/mol. The Morgan fingerprint density at radius 3 is 2.44 bits per heavy atom. The van der Waals surface area contributed by atoms with Crippen LogP contribution in [0.1, 0.15) is 5.56 Å². The molecule has 0 saturated heterocycles. The lowest BCUT2D eigenvalue weighted by Gasteiger charge is -2.21. The molecule has 1 rings (SSSR count). The van der Waals surface area contributed by atoms with Crippen LogP contribution >= 0.6 is 15.9 Å². The number of amides is 2. The van der Waals surface area contributed by atoms with Gasteiger partial charge in [-0.2, -0.15) is 0 Å². The van der Waals surface area contributed by atoms with E-state index in [-0.39, 0.29) is 32.3 Å². The maximum Gasteiger partial charge on any atom is 0.322 e. The number of hydrogen-bond donors (Lipinski definition) is 3. The Balaban J connectivity index is 2.72. The summed E-state index contributed by atoms with van der Waals surface area (Å²) in [5.41, 5.74) is 1.65. The maximum absolute atomic E-state index is 11.9. The molecule has 3 N–H and O–H groups in total. The monoisotopic (exact) mass is 316 g/mol. The van der Waals surface area contributed by atoms with Crippen molar-refractivity contribution in [2.45, 2.75) is 6.92 Å². The molecule has 0 bridgehead atoms. The number of rotatable bonds is 5. The van der Waals surface area contributed by atoms with Gasteiger partial charge in [0, 0.05) is 23.2 Å². The highest BCUT2D eigenvalue weighted by atomic mass is 79.9. The Hall–Kier alpha value is -1.11. The zero-order valence-electron chi connectivity index (χ0n) is 10.2. The molecular weight excluding hydrogens is 300 g/mol. The first-order valence-electron chi connectivity index (χ1n) is 5.62. The van der Waals surface area contributed by atoms with Gasteiger partial charge in [-0.15, -0.1) is 0 Å². The van der Waals surface area contributed by atoms with Crippen LogP contribution < -0.4 is 5.32 Å². The van der Waals surface area contributed by atoms with Gasteiger partial charge in [0.05, 0.1) is 13.2 Å². The van der Waals surface area contributed by atoms with E-state index in [1.165, 1.54) is 4.90 Å². The van der Waals surface area contributed by atoms with Crippen LogP contribution in [-0.4, -0.2) is 47.4 Å². The molecule has 0 fully saturated rings. The van der Waals surface area contributed by atoms with Gasteiger partial charge in [-0.25, -0.2) is 4.79 Å². The van der Waals surface area contributed by atoms with Gasteiger partial charge in [-0.3, -0.25) is 0 Å². The van der Waals surface area contributed by atoms with Crippen LogP contribution in [0.4, 0.5) is 10.5 Å². The number of hydrogen-bond acceptors (Lipinski definition) is 3. The molecule has 0 aliphatic rings. The van der Waals surface area contributed by atoms with Crippen molar-refractivity contribution in [3.8, 4) is 0 Å². The number of aryl methyl sites for hydroxylation is 1. The van der Waals surface area contributed by atoms with Crippen LogP contribution in [0.5, 0.6) is 0 Å². The fourth-order valence-electron chi connectivity index (χ4n) is 1.52. The minimum atomic E-state index is -0.330. The van der Waals surface area contributed by atoms with E-state index in [1.807, 2.05) is 19.1 Å². The standard InChI is InChI=1S/C12H17BrN2O3/c1-9-8-10(13)2-3-11(9)14-12(18)15(4-6-16)5-7-17/h2-3,8,16-17H,4-7H2,1H3,(H,14,18). The van der Waals surface area contributed by atoms with Crippen molar-refractivity contribution in [1.29, 1.82) is 0 Å². The minimum Gasteiger partial charge on any atom is -0.395 e. The summed E-state index contributed by atoms with van der Waals surface area (Å²) >= 11 is 3.35. The lowest BCUT2D eigenvalue weighted by atomic mass is 10.2. The maximum atomic E-state index is 11.9. The molecule has 6 heteroatoms. The van der Waals surface area contributed by atoms with Gasteiger partial charge in [0.15, 0.2) is 0 Å². The SMILES string of the molecule is Cc1cc(Br)ccc1NC(=O)N(CCO)CCO. The van der Waals surface area contributed by atoms with Gasteiger partial charge in [-0.05, 0) is 30.7 Å². The second-order valence-electron chi connectivity index (χ2n) is 3.82. The first-order chi connectivity index (χ1) is 8.58. The van der Waals surface area contributed by atoms with Crippen molar-refractivity contribution in [3.63, 3.8) is 0 Å². The molecule has 0 spiro atoms. The highest BCUT2D eigenvalue weighted by Crippen LogP contribution is 2.20. The van der Waals surface area contributed by atoms with Gasteiger partial charge in [0.2, 0.25) is 0 Å². The smallest absolute Gasteiger partial charge is 0.322 e. The number of carbonyl (C=O) groups excluding carboxylic acids is 1. The van der Waals surface area contributed by atoms with Crippen LogP contribution in [0.3, 0.4) is 0 Å². The number of carbonyl (C=O) groups is 1. The summed E-state index contributed by atoms with van der Waals surface area (Å²) < 4.78 is 0.945. The average molecular weight is 317 g/mol. The summed E-state index contributed by atoms with van der Waals surface area (Å²) in [5, 5.41) is 20.5.